The van der Waals surface area contributed by atoms with Gasteiger partial charge in [-0.2, -0.15) is 18.3 Å². The van der Waals surface area contributed by atoms with Gasteiger partial charge < -0.3 is 10.1 Å². The van der Waals surface area contributed by atoms with Crippen molar-refractivity contribution in [1.82, 2.24) is 9.78 Å². The van der Waals surface area contributed by atoms with Gasteiger partial charge in [-0.05, 0) is 63.6 Å². The molecule has 1 heterocycles. The number of rotatable bonds is 7. The van der Waals surface area contributed by atoms with Crippen molar-refractivity contribution < 1.29 is 27.5 Å². The highest BCUT2D eigenvalue weighted by Crippen LogP contribution is 2.31. The van der Waals surface area contributed by atoms with E-state index < -0.39 is 23.4 Å². The summed E-state index contributed by atoms with van der Waals surface area (Å²) in [6.45, 7) is 7.24. The molecule has 0 fully saturated rings. The van der Waals surface area contributed by atoms with Crippen molar-refractivity contribution in [3.63, 3.8) is 0 Å². The van der Waals surface area contributed by atoms with Crippen LogP contribution < -0.4 is 5.32 Å². The molecule has 0 aliphatic heterocycles. The third-order valence-electron chi connectivity index (χ3n) is 4.91. The number of amides is 1. The Bertz CT molecular complexity index is 1180. The monoisotopic (exact) mass is 459 g/mol. The molecule has 0 aliphatic carbocycles. The lowest BCUT2D eigenvalue weighted by atomic mass is 10.1. The van der Waals surface area contributed by atoms with Crippen LogP contribution in [0.15, 0.2) is 48.5 Å². The van der Waals surface area contributed by atoms with Gasteiger partial charge in [0, 0.05) is 5.69 Å². The summed E-state index contributed by atoms with van der Waals surface area (Å²) in [5, 5.41) is 6.77. The molecule has 6 nitrogen and oxygen atoms in total. The van der Waals surface area contributed by atoms with E-state index in [4.69, 9.17) is 4.74 Å². The molecule has 1 amide bonds. The Morgan fingerprint density at radius 3 is 2.45 bits per heavy atom. The zero-order valence-corrected chi connectivity index (χ0v) is 18.7. The number of nitrogens with zero attached hydrogens (tertiary/aromatic N) is 2. The van der Waals surface area contributed by atoms with E-state index in [1.165, 1.54) is 30.7 Å². The average molecular weight is 459 g/mol. The number of carbonyl (C=O) groups excluding carboxylic acids is 2. The van der Waals surface area contributed by atoms with E-state index in [9.17, 15) is 22.8 Å². The highest BCUT2D eigenvalue weighted by atomic mass is 19.4. The molecule has 3 aromatic rings. The predicted molar refractivity (Wildman–Crippen MR) is 117 cm³/mol. The minimum absolute atomic E-state index is 0.0455. The standard InChI is InChI=1S/C24H24F3N3O3/c1-14(2)33-13-17-7-5-9-19(11-17)28-23(32)22(31)21-15(3)29-30(16(21)4)20-10-6-8-18(12-20)24(25,26)27/h5-12,14H,13H2,1-4H3,(H,28,32). The minimum Gasteiger partial charge on any atom is -0.374 e. The summed E-state index contributed by atoms with van der Waals surface area (Å²) in [5.74, 6) is -1.70. The number of aryl methyl sites for hydroxylation is 1. The molecule has 1 N–H and O–H groups in total. The number of nitrogens with one attached hydrogen (secondary N) is 1. The van der Waals surface area contributed by atoms with Gasteiger partial charge in [0.05, 0.1) is 40.9 Å². The third-order valence-corrected chi connectivity index (χ3v) is 4.91. The molecule has 1 aromatic heterocycles. The molecule has 2 aromatic carbocycles. The lowest BCUT2D eigenvalue weighted by molar-refractivity contribution is -0.137. The van der Waals surface area contributed by atoms with Crippen LogP contribution in [0.3, 0.4) is 0 Å². The molecule has 0 saturated carbocycles. The molecule has 0 unspecified atom stereocenters. The fourth-order valence-corrected chi connectivity index (χ4v) is 3.34. The summed E-state index contributed by atoms with van der Waals surface area (Å²) in [7, 11) is 0. The first-order valence-electron chi connectivity index (χ1n) is 10.3. The topological polar surface area (TPSA) is 73.2 Å². The van der Waals surface area contributed by atoms with Crippen molar-refractivity contribution in [2.75, 3.05) is 5.32 Å². The molecular weight excluding hydrogens is 435 g/mol. The Balaban J connectivity index is 1.83. The van der Waals surface area contributed by atoms with Gasteiger partial charge in [0.1, 0.15) is 0 Å². The Morgan fingerprint density at radius 2 is 1.79 bits per heavy atom. The fraction of sp³-hybridized carbons (Fsp3) is 0.292. The van der Waals surface area contributed by atoms with Crippen LogP contribution in [-0.4, -0.2) is 27.6 Å². The van der Waals surface area contributed by atoms with Crippen LogP contribution in [0.1, 0.15) is 46.7 Å². The second-order valence-corrected chi connectivity index (χ2v) is 7.85. The summed E-state index contributed by atoms with van der Waals surface area (Å²) in [4.78, 5) is 25.5. The lowest BCUT2D eigenvalue weighted by Gasteiger charge is -2.10. The van der Waals surface area contributed by atoms with Crippen LogP contribution >= 0.6 is 0 Å². The highest BCUT2D eigenvalue weighted by molar-refractivity contribution is 6.47. The number of ether oxygens (including phenoxy) is 1. The average Bonchev–Trinajstić information content (AvgIpc) is 3.05. The predicted octanol–water partition coefficient (Wildman–Crippen LogP) is 5.25. The van der Waals surface area contributed by atoms with E-state index in [1.54, 1.807) is 18.2 Å². The zero-order chi connectivity index (χ0) is 24.3. The number of hydrogen-bond acceptors (Lipinski definition) is 4. The van der Waals surface area contributed by atoms with Crippen LogP contribution in [0, 0.1) is 13.8 Å². The number of halogens is 3. The first kappa shape index (κ1) is 24.2. The Hall–Kier alpha value is -3.46. The molecule has 0 atom stereocenters. The molecule has 3 rings (SSSR count). The van der Waals surface area contributed by atoms with Crippen molar-refractivity contribution in [2.24, 2.45) is 0 Å². The van der Waals surface area contributed by atoms with Crippen LogP contribution in [0.4, 0.5) is 18.9 Å². The van der Waals surface area contributed by atoms with Crippen molar-refractivity contribution in [3.05, 3.63) is 76.6 Å². The van der Waals surface area contributed by atoms with E-state index in [1.807, 2.05) is 19.9 Å². The van der Waals surface area contributed by atoms with Crippen molar-refractivity contribution in [3.8, 4) is 5.69 Å². The van der Waals surface area contributed by atoms with Gasteiger partial charge >= 0.3 is 6.18 Å². The second kappa shape index (κ2) is 9.58. The van der Waals surface area contributed by atoms with Crippen LogP contribution in [-0.2, 0) is 22.3 Å². The summed E-state index contributed by atoms with van der Waals surface area (Å²) in [6.07, 6.45) is -4.47. The Labute approximate surface area is 189 Å². The maximum atomic E-state index is 13.1. The summed E-state index contributed by atoms with van der Waals surface area (Å²) < 4.78 is 46.0. The summed E-state index contributed by atoms with van der Waals surface area (Å²) in [6, 6.07) is 11.5. The van der Waals surface area contributed by atoms with Crippen LogP contribution in [0.2, 0.25) is 0 Å². The molecule has 0 radical (unpaired) electrons. The van der Waals surface area contributed by atoms with E-state index in [2.05, 4.69) is 10.4 Å². The van der Waals surface area contributed by atoms with Crippen molar-refractivity contribution >= 4 is 17.4 Å². The number of ketones is 1. The zero-order valence-electron chi connectivity index (χ0n) is 18.7. The van der Waals surface area contributed by atoms with Crippen LogP contribution in [0.25, 0.3) is 5.69 Å². The third kappa shape index (κ3) is 5.67. The smallest absolute Gasteiger partial charge is 0.374 e. The number of benzene rings is 2. The number of alkyl halides is 3. The number of carbonyl (C=O) groups is 2. The normalized spacial score (nSPS) is 11.6. The van der Waals surface area contributed by atoms with E-state index in [0.717, 1.165) is 17.7 Å². The van der Waals surface area contributed by atoms with Gasteiger partial charge in [0.25, 0.3) is 11.7 Å². The van der Waals surface area contributed by atoms with Gasteiger partial charge in [0.2, 0.25) is 0 Å². The first-order valence-corrected chi connectivity index (χ1v) is 10.3. The van der Waals surface area contributed by atoms with Gasteiger partial charge in [-0.25, -0.2) is 4.68 Å². The van der Waals surface area contributed by atoms with Crippen molar-refractivity contribution in [1.29, 1.82) is 0 Å². The summed E-state index contributed by atoms with van der Waals surface area (Å²) in [5.41, 5.74) is 1.12. The molecule has 33 heavy (non-hydrogen) atoms. The van der Waals surface area contributed by atoms with Gasteiger partial charge in [-0.15, -0.1) is 0 Å². The fourth-order valence-electron chi connectivity index (χ4n) is 3.34. The van der Waals surface area contributed by atoms with Crippen LogP contribution in [0.5, 0.6) is 0 Å². The van der Waals surface area contributed by atoms with Gasteiger partial charge in [-0.3, -0.25) is 9.59 Å². The number of anilines is 1. The Morgan fingerprint density at radius 1 is 1.09 bits per heavy atom. The molecule has 0 bridgehead atoms. The SMILES string of the molecule is Cc1nn(-c2cccc(C(F)(F)F)c2)c(C)c1C(=O)C(=O)Nc1cccc(COC(C)C)c1. The molecule has 9 heteroatoms. The molecule has 0 saturated heterocycles. The number of hydrogen-bond donors (Lipinski definition) is 1. The maximum Gasteiger partial charge on any atom is 0.416 e. The lowest BCUT2D eigenvalue weighted by Crippen LogP contribution is -2.24. The van der Waals surface area contributed by atoms with E-state index >= 15 is 0 Å². The molecular formula is C24H24F3N3O3. The number of aromatic nitrogens is 2. The van der Waals surface area contributed by atoms with E-state index in [-0.39, 0.29) is 28.7 Å². The number of Topliss-reactive ketones (excluding diaryl/α,β-unsaturated/α-hetero) is 1. The minimum atomic E-state index is -4.51. The van der Waals surface area contributed by atoms with E-state index in [0.29, 0.717) is 12.3 Å². The summed E-state index contributed by atoms with van der Waals surface area (Å²) >= 11 is 0. The molecule has 0 aliphatic rings. The second-order valence-electron chi connectivity index (χ2n) is 7.85. The first-order chi connectivity index (χ1) is 15.5. The van der Waals surface area contributed by atoms with Crippen molar-refractivity contribution in [2.45, 2.75) is 46.6 Å². The van der Waals surface area contributed by atoms with Gasteiger partial charge in [-0.1, -0.05) is 18.2 Å². The largest absolute Gasteiger partial charge is 0.416 e. The maximum absolute atomic E-state index is 13.1. The quantitative estimate of drug-likeness (QED) is 0.387. The molecule has 0 spiro atoms. The highest BCUT2D eigenvalue weighted by Gasteiger charge is 2.31. The Kier molecular flexibility index (Phi) is 7.02. The van der Waals surface area contributed by atoms with Gasteiger partial charge in [0.15, 0.2) is 0 Å². The molecule has 174 valence electrons.